The number of carbonyl (C=O) groups is 2. The van der Waals surface area contributed by atoms with Gasteiger partial charge in [-0.05, 0) is 35.9 Å². The predicted molar refractivity (Wildman–Crippen MR) is 94.4 cm³/mol. The Morgan fingerprint density at radius 1 is 1.25 bits per heavy atom. The first-order valence-corrected chi connectivity index (χ1v) is 8.85. The van der Waals surface area contributed by atoms with Gasteiger partial charge in [-0.1, -0.05) is 25.1 Å². The number of amides is 2. The zero-order valence-electron chi connectivity index (χ0n) is 13.4. The summed E-state index contributed by atoms with van der Waals surface area (Å²) >= 11 is 1.35. The van der Waals surface area contributed by atoms with Crippen molar-refractivity contribution in [3.05, 3.63) is 52.2 Å². The lowest BCUT2D eigenvalue weighted by Crippen LogP contribution is -2.46. The molecule has 1 aliphatic heterocycles. The Kier molecular flexibility index (Phi) is 4.97. The van der Waals surface area contributed by atoms with Crippen LogP contribution >= 0.6 is 11.3 Å². The molecule has 0 saturated carbocycles. The first-order valence-electron chi connectivity index (χ1n) is 7.97. The zero-order valence-corrected chi connectivity index (χ0v) is 14.3. The lowest BCUT2D eigenvalue weighted by molar-refractivity contribution is 0.0249. The van der Waals surface area contributed by atoms with Crippen LogP contribution in [-0.2, 0) is 0 Å². The average molecular weight is 344 g/mol. The minimum Gasteiger partial charge on any atom is -0.391 e. The maximum atomic E-state index is 12.8. The first kappa shape index (κ1) is 16.7. The number of likely N-dealkylation sites (tertiary alicyclic amines) is 1. The monoisotopic (exact) mass is 344 g/mol. The largest absolute Gasteiger partial charge is 0.391 e. The predicted octanol–water partition coefficient (Wildman–Crippen LogP) is 2.84. The Bertz CT molecular complexity index is 730. The molecule has 0 radical (unpaired) electrons. The fraction of sp³-hybridized carbons (Fsp3) is 0.333. The second-order valence-electron chi connectivity index (χ2n) is 6.06. The highest BCUT2D eigenvalue weighted by atomic mass is 32.1. The molecule has 2 N–H and O–H groups in total. The molecule has 0 spiro atoms. The minimum atomic E-state index is -0.504. The highest BCUT2D eigenvalue weighted by molar-refractivity contribution is 7.12. The number of piperidine rings is 1. The van der Waals surface area contributed by atoms with Gasteiger partial charge in [-0.25, -0.2) is 0 Å². The number of para-hydroxylation sites is 1. The second-order valence-corrected chi connectivity index (χ2v) is 7.01. The van der Waals surface area contributed by atoms with Gasteiger partial charge in [-0.3, -0.25) is 9.59 Å². The van der Waals surface area contributed by atoms with Crippen LogP contribution in [0.4, 0.5) is 5.69 Å². The highest BCUT2D eigenvalue weighted by Gasteiger charge is 2.29. The standard InChI is InChI=1S/C18H20N2O3S/c1-12-8-9-20(11-15(12)21)18(23)13-5-2-3-6-14(13)19-17(22)16-7-4-10-24-16/h2-7,10,12,15,21H,8-9,11H2,1H3,(H,19,22). The molecule has 1 fully saturated rings. The summed E-state index contributed by atoms with van der Waals surface area (Å²) < 4.78 is 0. The summed E-state index contributed by atoms with van der Waals surface area (Å²) in [5, 5.41) is 14.7. The molecule has 2 aromatic rings. The van der Waals surface area contributed by atoms with Gasteiger partial charge in [0.15, 0.2) is 0 Å². The molecule has 1 aliphatic rings. The molecule has 24 heavy (non-hydrogen) atoms. The van der Waals surface area contributed by atoms with Crippen LogP contribution in [0.15, 0.2) is 41.8 Å². The summed E-state index contributed by atoms with van der Waals surface area (Å²) in [5.41, 5.74) is 0.943. The molecule has 126 valence electrons. The number of benzene rings is 1. The molecule has 6 heteroatoms. The van der Waals surface area contributed by atoms with Crippen molar-refractivity contribution in [1.29, 1.82) is 0 Å². The third kappa shape index (κ3) is 3.49. The molecule has 1 aromatic carbocycles. The lowest BCUT2D eigenvalue weighted by atomic mass is 9.95. The van der Waals surface area contributed by atoms with Crippen molar-refractivity contribution in [2.75, 3.05) is 18.4 Å². The third-order valence-electron chi connectivity index (χ3n) is 4.36. The smallest absolute Gasteiger partial charge is 0.265 e. The van der Waals surface area contributed by atoms with Crippen molar-refractivity contribution >= 4 is 28.8 Å². The number of anilines is 1. The number of hydrogen-bond acceptors (Lipinski definition) is 4. The number of nitrogens with one attached hydrogen (secondary N) is 1. The van der Waals surface area contributed by atoms with Gasteiger partial charge in [0, 0.05) is 13.1 Å². The minimum absolute atomic E-state index is 0.164. The van der Waals surface area contributed by atoms with E-state index in [4.69, 9.17) is 0 Å². The van der Waals surface area contributed by atoms with Gasteiger partial charge in [0.25, 0.3) is 11.8 Å². The number of β-amino-alcohol motifs (C(OH)–C–C–N with tert-alkyl or cyclic N) is 1. The number of rotatable bonds is 3. The summed E-state index contributed by atoms with van der Waals surface area (Å²) in [6, 6.07) is 10.5. The summed E-state index contributed by atoms with van der Waals surface area (Å²) in [6.45, 7) is 2.93. The van der Waals surface area contributed by atoms with Crippen LogP contribution in [0.1, 0.15) is 33.4 Å². The summed E-state index contributed by atoms with van der Waals surface area (Å²) in [7, 11) is 0. The molecule has 2 atom stereocenters. The number of hydrogen-bond donors (Lipinski definition) is 2. The van der Waals surface area contributed by atoms with Crippen LogP contribution in [0.3, 0.4) is 0 Å². The van der Waals surface area contributed by atoms with Crippen LogP contribution in [0, 0.1) is 5.92 Å². The number of thiophene rings is 1. The van der Waals surface area contributed by atoms with Gasteiger partial charge < -0.3 is 15.3 Å². The van der Waals surface area contributed by atoms with Gasteiger partial charge in [-0.2, -0.15) is 0 Å². The highest BCUT2D eigenvalue weighted by Crippen LogP contribution is 2.23. The molecular weight excluding hydrogens is 324 g/mol. The van der Waals surface area contributed by atoms with E-state index >= 15 is 0 Å². The van der Waals surface area contributed by atoms with Gasteiger partial charge in [0.1, 0.15) is 0 Å². The molecule has 2 amide bonds. The quantitative estimate of drug-likeness (QED) is 0.899. The van der Waals surface area contributed by atoms with Crippen molar-refractivity contribution < 1.29 is 14.7 Å². The molecule has 5 nitrogen and oxygen atoms in total. The Morgan fingerprint density at radius 2 is 2.04 bits per heavy atom. The van der Waals surface area contributed by atoms with Gasteiger partial charge in [0.2, 0.25) is 0 Å². The molecule has 2 unspecified atom stereocenters. The van der Waals surface area contributed by atoms with Gasteiger partial charge in [0.05, 0.1) is 22.2 Å². The maximum absolute atomic E-state index is 12.8. The Hall–Kier alpha value is -2.18. The molecule has 1 aromatic heterocycles. The molecule has 3 rings (SSSR count). The Morgan fingerprint density at radius 3 is 2.75 bits per heavy atom. The molecule has 0 bridgehead atoms. The van der Waals surface area contributed by atoms with Crippen molar-refractivity contribution in [2.45, 2.75) is 19.4 Å². The van der Waals surface area contributed by atoms with E-state index in [9.17, 15) is 14.7 Å². The van der Waals surface area contributed by atoms with E-state index in [1.165, 1.54) is 11.3 Å². The average Bonchev–Trinajstić information content (AvgIpc) is 3.12. The normalized spacial score (nSPS) is 20.7. The first-order chi connectivity index (χ1) is 11.6. The SMILES string of the molecule is CC1CCN(C(=O)c2ccccc2NC(=O)c2cccs2)CC1O. The maximum Gasteiger partial charge on any atom is 0.265 e. The Labute approximate surface area is 144 Å². The van der Waals surface area contributed by atoms with Crippen LogP contribution in [-0.4, -0.2) is 41.0 Å². The van der Waals surface area contributed by atoms with E-state index in [1.54, 1.807) is 35.2 Å². The summed E-state index contributed by atoms with van der Waals surface area (Å²) in [4.78, 5) is 27.3. The van der Waals surface area contributed by atoms with Crippen molar-refractivity contribution in [3.63, 3.8) is 0 Å². The number of aliphatic hydroxyl groups is 1. The van der Waals surface area contributed by atoms with Crippen LogP contribution in [0.5, 0.6) is 0 Å². The van der Waals surface area contributed by atoms with Crippen LogP contribution in [0.2, 0.25) is 0 Å². The third-order valence-corrected chi connectivity index (χ3v) is 5.23. The van der Waals surface area contributed by atoms with E-state index in [1.807, 2.05) is 18.4 Å². The van der Waals surface area contributed by atoms with Gasteiger partial charge >= 0.3 is 0 Å². The van der Waals surface area contributed by atoms with Crippen LogP contribution in [0.25, 0.3) is 0 Å². The number of aliphatic hydroxyl groups excluding tert-OH is 1. The molecular formula is C18H20N2O3S. The van der Waals surface area contributed by atoms with Crippen LogP contribution < -0.4 is 5.32 Å². The molecule has 1 saturated heterocycles. The van der Waals surface area contributed by atoms with Crippen molar-refractivity contribution in [3.8, 4) is 0 Å². The van der Waals surface area contributed by atoms with E-state index in [0.29, 0.717) is 29.2 Å². The van der Waals surface area contributed by atoms with Gasteiger partial charge in [-0.15, -0.1) is 11.3 Å². The number of nitrogens with zero attached hydrogens (tertiary/aromatic N) is 1. The van der Waals surface area contributed by atoms with Crippen molar-refractivity contribution in [1.82, 2.24) is 4.90 Å². The molecule has 2 heterocycles. The van der Waals surface area contributed by atoms with Crippen molar-refractivity contribution in [2.24, 2.45) is 5.92 Å². The summed E-state index contributed by atoms with van der Waals surface area (Å²) in [5.74, 6) is -0.191. The number of carbonyl (C=O) groups excluding carboxylic acids is 2. The van der Waals surface area contributed by atoms with E-state index in [2.05, 4.69) is 5.32 Å². The summed E-state index contributed by atoms with van der Waals surface area (Å²) in [6.07, 6.45) is 0.270. The second kappa shape index (κ2) is 7.15. The molecule has 0 aliphatic carbocycles. The van der Waals surface area contributed by atoms with E-state index < -0.39 is 6.10 Å². The fourth-order valence-corrected chi connectivity index (χ4v) is 3.39. The van der Waals surface area contributed by atoms with E-state index in [0.717, 1.165) is 6.42 Å². The Balaban J connectivity index is 1.79. The topological polar surface area (TPSA) is 69.6 Å². The van der Waals surface area contributed by atoms with E-state index in [-0.39, 0.29) is 17.7 Å². The fourth-order valence-electron chi connectivity index (χ4n) is 2.77. The lowest BCUT2D eigenvalue weighted by Gasteiger charge is -2.34. The zero-order chi connectivity index (χ0) is 17.1.